The van der Waals surface area contributed by atoms with Crippen LogP contribution < -0.4 is 9.88 Å². The molecule has 116 valence electrons. The van der Waals surface area contributed by atoms with Crippen LogP contribution in [0.3, 0.4) is 0 Å². The van der Waals surface area contributed by atoms with E-state index >= 15 is 0 Å². The molecule has 0 aromatic carbocycles. The van der Waals surface area contributed by atoms with Crippen molar-refractivity contribution in [1.29, 1.82) is 0 Å². The highest BCUT2D eigenvalue weighted by Gasteiger charge is 2.25. The summed E-state index contributed by atoms with van der Waals surface area (Å²) in [5, 5.41) is 9.45. The minimum atomic E-state index is -3.54. The molecule has 0 radical (unpaired) electrons. The standard InChI is InChI=1S/C13H20N4O3S/c1-4-10-7-11-15-5-6-17(11)16-12(10)20-8-13(2,3)9-21(14,18)19/h5-7H,4,8-9H2,1-3H3,(H2,14,18,19). The zero-order valence-electron chi connectivity index (χ0n) is 12.4. The SMILES string of the molecule is CCc1cc2nccn2nc1OCC(C)(C)CS(N)(=O)=O. The van der Waals surface area contributed by atoms with Crippen LogP contribution in [0.15, 0.2) is 18.5 Å². The summed E-state index contributed by atoms with van der Waals surface area (Å²) in [6.45, 7) is 5.79. The molecule has 0 fully saturated rings. The molecule has 2 aromatic rings. The normalized spacial score (nSPS) is 12.8. The lowest BCUT2D eigenvalue weighted by Crippen LogP contribution is -2.34. The average molecular weight is 312 g/mol. The molecule has 2 rings (SSSR count). The Bertz CT molecular complexity index is 737. The van der Waals surface area contributed by atoms with Gasteiger partial charge in [-0.1, -0.05) is 20.8 Å². The summed E-state index contributed by atoms with van der Waals surface area (Å²) < 4.78 is 29.8. The van der Waals surface area contributed by atoms with Gasteiger partial charge in [-0.3, -0.25) is 0 Å². The van der Waals surface area contributed by atoms with Gasteiger partial charge in [0, 0.05) is 23.4 Å². The number of nitrogens with zero attached hydrogens (tertiary/aromatic N) is 3. The van der Waals surface area contributed by atoms with Crippen LogP contribution in [-0.4, -0.2) is 35.4 Å². The van der Waals surface area contributed by atoms with E-state index < -0.39 is 15.4 Å². The van der Waals surface area contributed by atoms with E-state index in [-0.39, 0.29) is 12.4 Å². The molecule has 8 heteroatoms. The number of hydrogen-bond donors (Lipinski definition) is 1. The fraction of sp³-hybridized carbons (Fsp3) is 0.538. The minimum absolute atomic E-state index is 0.144. The Hall–Kier alpha value is -1.67. The summed E-state index contributed by atoms with van der Waals surface area (Å²) in [4.78, 5) is 4.17. The molecule has 2 heterocycles. The van der Waals surface area contributed by atoms with Gasteiger partial charge in [0.1, 0.15) is 0 Å². The largest absolute Gasteiger partial charge is 0.476 e. The van der Waals surface area contributed by atoms with Crippen molar-refractivity contribution in [2.45, 2.75) is 27.2 Å². The topological polar surface area (TPSA) is 99.6 Å². The number of hydrogen-bond acceptors (Lipinski definition) is 5. The van der Waals surface area contributed by atoms with Crippen molar-refractivity contribution >= 4 is 15.7 Å². The molecular weight excluding hydrogens is 292 g/mol. The van der Waals surface area contributed by atoms with Crippen molar-refractivity contribution in [3.8, 4) is 5.88 Å². The maximum atomic E-state index is 11.2. The van der Waals surface area contributed by atoms with E-state index in [4.69, 9.17) is 9.88 Å². The van der Waals surface area contributed by atoms with Crippen LogP contribution in [-0.2, 0) is 16.4 Å². The first kappa shape index (κ1) is 15.7. The fourth-order valence-electron chi connectivity index (χ4n) is 2.10. The van der Waals surface area contributed by atoms with Crippen LogP contribution in [0.5, 0.6) is 5.88 Å². The first-order chi connectivity index (χ1) is 9.70. The molecule has 0 bridgehead atoms. The number of rotatable bonds is 6. The molecule has 0 saturated carbocycles. The van der Waals surface area contributed by atoms with Crippen molar-refractivity contribution < 1.29 is 13.2 Å². The van der Waals surface area contributed by atoms with E-state index in [0.29, 0.717) is 5.88 Å². The fourth-order valence-corrected chi connectivity index (χ4v) is 3.27. The number of ether oxygens (including phenoxy) is 1. The number of fused-ring (bicyclic) bond motifs is 1. The third-order valence-corrected chi connectivity index (χ3v) is 4.18. The van der Waals surface area contributed by atoms with E-state index in [1.165, 1.54) is 0 Å². The Morgan fingerprint density at radius 2 is 2.14 bits per heavy atom. The number of imidazole rings is 1. The molecule has 0 aliphatic carbocycles. The number of nitrogens with two attached hydrogens (primary N) is 1. The molecule has 21 heavy (non-hydrogen) atoms. The van der Waals surface area contributed by atoms with E-state index in [9.17, 15) is 8.42 Å². The first-order valence-electron chi connectivity index (χ1n) is 6.67. The van der Waals surface area contributed by atoms with Crippen LogP contribution in [0.1, 0.15) is 26.3 Å². The molecule has 2 aromatic heterocycles. The number of aryl methyl sites for hydroxylation is 1. The van der Waals surface area contributed by atoms with Gasteiger partial charge in [-0.15, -0.1) is 5.10 Å². The quantitative estimate of drug-likeness (QED) is 0.857. The summed E-state index contributed by atoms with van der Waals surface area (Å²) >= 11 is 0. The lowest BCUT2D eigenvalue weighted by atomic mass is 9.98. The first-order valence-corrected chi connectivity index (χ1v) is 8.38. The molecule has 0 atom stereocenters. The number of aromatic nitrogens is 3. The Morgan fingerprint density at radius 3 is 2.76 bits per heavy atom. The molecular formula is C13H20N4O3S. The predicted molar refractivity (Wildman–Crippen MR) is 79.6 cm³/mol. The van der Waals surface area contributed by atoms with Gasteiger partial charge in [0.15, 0.2) is 5.65 Å². The molecule has 0 amide bonds. The van der Waals surface area contributed by atoms with Crippen LogP contribution in [0, 0.1) is 5.41 Å². The molecule has 0 spiro atoms. The van der Waals surface area contributed by atoms with Gasteiger partial charge in [-0.2, -0.15) is 0 Å². The van der Waals surface area contributed by atoms with Gasteiger partial charge >= 0.3 is 0 Å². The monoisotopic (exact) mass is 312 g/mol. The Morgan fingerprint density at radius 1 is 1.43 bits per heavy atom. The number of sulfonamides is 1. The highest BCUT2D eigenvalue weighted by molar-refractivity contribution is 7.89. The van der Waals surface area contributed by atoms with Gasteiger partial charge in [0.2, 0.25) is 15.9 Å². The summed E-state index contributed by atoms with van der Waals surface area (Å²) in [7, 11) is -3.54. The summed E-state index contributed by atoms with van der Waals surface area (Å²) in [6, 6.07) is 1.91. The van der Waals surface area contributed by atoms with Gasteiger partial charge in [0.05, 0.1) is 12.4 Å². The molecule has 7 nitrogen and oxygen atoms in total. The highest BCUT2D eigenvalue weighted by Crippen LogP contribution is 2.22. The van der Waals surface area contributed by atoms with E-state index in [0.717, 1.165) is 17.6 Å². The molecule has 0 saturated heterocycles. The molecule has 2 N–H and O–H groups in total. The molecule has 0 unspecified atom stereocenters. The minimum Gasteiger partial charge on any atom is -0.476 e. The van der Waals surface area contributed by atoms with Crippen molar-refractivity contribution in [3.05, 3.63) is 24.0 Å². The van der Waals surface area contributed by atoms with Crippen molar-refractivity contribution in [3.63, 3.8) is 0 Å². The van der Waals surface area contributed by atoms with Crippen LogP contribution >= 0.6 is 0 Å². The average Bonchev–Trinajstić information content (AvgIpc) is 2.79. The maximum Gasteiger partial charge on any atom is 0.235 e. The highest BCUT2D eigenvalue weighted by atomic mass is 32.2. The van der Waals surface area contributed by atoms with E-state index in [1.807, 2.05) is 13.0 Å². The lowest BCUT2D eigenvalue weighted by molar-refractivity contribution is 0.189. The molecule has 0 aliphatic rings. The zero-order chi connectivity index (χ0) is 15.7. The number of primary sulfonamides is 1. The van der Waals surface area contributed by atoms with Crippen molar-refractivity contribution in [1.82, 2.24) is 14.6 Å². The molecule has 0 aliphatic heterocycles. The summed E-state index contributed by atoms with van der Waals surface area (Å²) in [6.07, 6.45) is 4.15. The maximum absolute atomic E-state index is 11.2. The predicted octanol–water partition coefficient (Wildman–Crippen LogP) is 0.985. The van der Waals surface area contributed by atoms with Gasteiger partial charge < -0.3 is 4.74 Å². The van der Waals surface area contributed by atoms with E-state index in [1.54, 1.807) is 30.8 Å². The van der Waals surface area contributed by atoms with Crippen LogP contribution in [0.4, 0.5) is 0 Å². The Kier molecular flexibility index (Phi) is 4.20. The third-order valence-electron chi connectivity index (χ3n) is 3.00. The Labute approximate surface area is 124 Å². The summed E-state index contributed by atoms with van der Waals surface area (Å²) in [5.74, 6) is 0.347. The zero-order valence-corrected chi connectivity index (χ0v) is 13.2. The van der Waals surface area contributed by atoms with Crippen LogP contribution in [0.25, 0.3) is 5.65 Å². The van der Waals surface area contributed by atoms with Crippen molar-refractivity contribution in [2.75, 3.05) is 12.4 Å². The second-order valence-corrected chi connectivity index (χ2v) is 7.43. The van der Waals surface area contributed by atoms with Gasteiger partial charge in [-0.05, 0) is 12.5 Å². The Balaban J connectivity index is 2.19. The van der Waals surface area contributed by atoms with E-state index in [2.05, 4.69) is 10.1 Å². The third kappa shape index (κ3) is 4.15. The van der Waals surface area contributed by atoms with Gasteiger partial charge in [-0.25, -0.2) is 23.1 Å². The second-order valence-electron chi connectivity index (χ2n) is 5.82. The lowest BCUT2D eigenvalue weighted by Gasteiger charge is -2.23. The summed E-state index contributed by atoms with van der Waals surface area (Å²) in [5.41, 5.74) is 1.09. The smallest absolute Gasteiger partial charge is 0.235 e. The van der Waals surface area contributed by atoms with Crippen molar-refractivity contribution in [2.24, 2.45) is 10.6 Å². The second kappa shape index (κ2) is 5.61. The van der Waals surface area contributed by atoms with Gasteiger partial charge in [0.25, 0.3) is 0 Å². The van der Waals surface area contributed by atoms with Crippen LogP contribution in [0.2, 0.25) is 0 Å².